The third-order valence-corrected chi connectivity index (χ3v) is 8.35. The summed E-state index contributed by atoms with van der Waals surface area (Å²) in [6, 6.07) is 5.78. The molecule has 1 amide bonds. The number of thioether (sulfide) groups is 1. The van der Waals surface area contributed by atoms with Gasteiger partial charge in [0.15, 0.2) is 11.0 Å². The smallest absolute Gasteiger partial charge is 0.341 e. The number of carbonyl (C=O) groups is 2. The molecule has 1 aromatic carbocycles. The van der Waals surface area contributed by atoms with Gasteiger partial charge in [-0.2, -0.15) is 0 Å². The SMILES string of the molecule is C=CCn1c(SCC(=O)Nc2scc(-c3ccc(F)cc3)c2C(=O)OC)nnc1-c1csc(C)c1C. The molecule has 4 aromatic rings. The van der Waals surface area contributed by atoms with Gasteiger partial charge in [0.2, 0.25) is 5.91 Å². The van der Waals surface area contributed by atoms with Crippen molar-refractivity contribution in [1.82, 2.24) is 14.8 Å². The molecule has 7 nitrogen and oxygen atoms in total. The van der Waals surface area contributed by atoms with Crippen molar-refractivity contribution in [2.45, 2.75) is 25.5 Å². The largest absolute Gasteiger partial charge is 0.465 e. The van der Waals surface area contributed by atoms with E-state index in [0.717, 1.165) is 17.0 Å². The van der Waals surface area contributed by atoms with Gasteiger partial charge in [-0.15, -0.1) is 39.4 Å². The Bertz CT molecular complexity index is 1420. The maximum atomic E-state index is 13.4. The van der Waals surface area contributed by atoms with Crippen molar-refractivity contribution in [3.63, 3.8) is 0 Å². The molecule has 0 aliphatic heterocycles. The third kappa shape index (κ3) is 5.28. The normalized spacial score (nSPS) is 10.9. The molecule has 3 heterocycles. The van der Waals surface area contributed by atoms with Crippen molar-refractivity contribution >= 4 is 51.3 Å². The van der Waals surface area contributed by atoms with Crippen LogP contribution in [0.4, 0.5) is 9.39 Å². The molecule has 0 bridgehead atoms. The summed E-state index contributed by atoms with van der Waals surface area (Å²) in [7, 11) is 1.27. The van der Waals surface area contributed by atoms with E-state index in [2.05, 4.69) is 41.3 Å². The average Bonchev–Trinajstić information content (AvgIpc) is 3.56. The van der Waals surface area contributed by atoms with Crippen LogP contribution in [0.25, 0.3) is 22.5 Å². The molecule has 4 rings (SSSR count). The number of anilines is 1. The lowest BCUT2D eigenvalue weighted by molar-refractivity contribution is -0.113. The molecule has 11 heteroatoms. The fourth-order valence-corrected chi connectivity index (χ4v) is 6.10. The number of aryl methyl sites for hydroxylation is 1. The predicted octanol–water partition coefficient (Wildman–Crippen LogP) is 6.19. The van der Waals surface area contributed by atoms with Gasteiger partial charge < -0.3 is 10.1 Å². The molecule has 0 saturated carbocycles. The highest BCUT2D eigenvalue weighted by Gasteiger charge is 2.23. The molecule has 36 heavy (non-hydrogen) atoms. The Morgan fingerprint density at radius 3 is 2.53 bits per heavy atom. The van der Waals surface area contributed by atoms with Crippen LogP contribution in [0.1, 0.15) is 20.8 Å². The van der Waals surface area contributed by atoms with Crippen molar-refractivity contribution in [3.05, 3.63) is 69.5 Å². The highest BCUT2D eigenvalue weighted by Crippen LogP contribution is 2.37. The van der Waals surface area contributed by atoms with Gasteiger partial charge in [-0.25, -0.2) is 9.18 Å². The standard InChI is InChI=1S/C25H23FN4O3S3/c1-5-10-30-22(18-11-34-15(3)14(18)2)28-29-25(30)36-13-20(31)27-23-21(24(32)33-4)19(12-35-23)16-6-8-17(26)9-7-16/h5-9,11-12H,1,10,13H2,2-4H3,(H,27,31). The summed E-state index contributed by atoms with van der Waals surface area (Å²) in [6.07, 6.45) is 1.76. The Balaban J connectivity index is 1.53. The zero-order valence-electron chi connectivity index (χ0n) is 19.8. The average molecular weight is 543 g/mol. The van der Waals surface area contributed by atoms with E-state index < -0.39 is 5.97 Å². The Morgan fingerprint density at radius 2 is 1.89 bits per heavy atom. The van der Waals surface area contributed by atoms with E-state index in [1.807, 2.05) is 4.57 Å². The van der Waals surface area contributed by atoms with Crippen molar-refractivity contribution < 1.29 is 18.7 Å². The number of ether oxygens (including phenoxy) is 1. The number of nitrogens with zero attached hydrogens (tertiary/aromatic N) is 3. The molecule has 186 valence electrons. The number of thiophene rings is 2. The number of rotatable bonds is 9. The molecule has 0 radical (unpaired) electrons. The Labute approximate surface area is 220 Å². The Morgan fingerprint density at radius 1 is 1.17 bits per heavy atom. The van der Waals surface area contributed by atoms with Crippen LogP contribution in [0.15, 0.2) is 52.8 Å². The first-order valence-corrected chi connectivity index (χ1v) is 13.6. The van der Waals surface area contributed by atoms with Crippen LogP contribution in [0.5, 0.6) is 0 Å². The second kappa shape index (κ2) is 11.2. The molecular weight excluding hydrogens is 519 g/mol. The number of hydrogen-bond donors (Lipinski definition) is 1. The molecule has 0 unspecified atom stereocenters. The molecule has 0 atom stereocenters. The minimum atomic E-state index is -0.588. The third-order valence-electron chi connectivity index (χ3n) is 5.48. The summed E-state index contributed by atoms with van der Waals surface area (Å²) in [5.74, 6) is -0.489. The number of nitrogens with one attached hydrogen (secondary N) is 1. The van der Waals surface area contributed by atoms with E-state index in [-0.39, 0.29) is 23.0 Å². The number of benzene rings is 1. The number of halogens is 1. The summed E-state index contributed by atoms with van der Waals surface area (Å²) in [5.41, 5.74) is 3.60. The second-order valence-electron chi connectivity index (χ2n) is 7.72. The van der Waals surface area contributed by atoms with Gasteiger partial charge in [0, 0.05) is 33.3 Å². The molecule has 0 aliphatic carbocycles. The summed E-state index contributed by atoms with van der Waals surface area (Å²) in [4.78, 5) is 26.6. The quantitative estimate of drug-likeness (QED) is 0.154. The van der Waals surface area contributed by atoms with Gasteiger partial charge in [0.25, 0.3) is 0 Å². The van der Waals surface area contributed by atoms with E-state index in [4.69, 9.17) is 4.74 Å². The summed E-state index contributed by atoms with van der Waals surface area (Å²) < 4.78 is 20.2. The Kier molecular flexibility index (Phi) is 8.02. The number of hydrogen-bond acceptors (Lipinski definition) is 8. The first kappa shape index (κ1) is 25.8. The summed E-state index contributed by atoms with van der Waals surface area (Å²) >= 11 is 4.11. The lowest BCUT2D eigenvalue weighted by Crippen LogP contribution is -2.16. The second-order valence-corrected chi connectivity index (χ2v) is 10.6. The first-order valence-electron chi connectivity index (χ1n) is 10.8. The van der Waals surface area contributed by atoms with Gasteiger partial charge in [0.1, 0.15) is 16.4 Å². The van der Waals surface area contributed by atoms with E-state index in [0.29, 0.717) is 27.8 Å². The van der Waals surface area contributed by atoms with Gasteiger partial charge in [-0.05, 0) is 37.1 Å². The number of esters is 1. The number of carbonyl (C=O) groups excluding carboxylic acids is 2. The van der Waals surface area contributed by atoms with Crippen LogP contribution in [0.2, 0.25) is 0 Å². The van der Waals surface area contributed by atoms with Gasteiger partial charge in [-0.1, -0.05) is 30.0 Å². The van der Waals surface area contributed by atoms with Gasteiger partial charge >= 0.3 is 5.97 Å². The monoisotopic (exact) mass is 542 g/mol. The number of allylic oxidation sites excluding steroid dienone is 1. The van der Waals surface area contributed by atoms with Crippen molar-refractivity contribution in [2.24, 2.45) is 0 Å². The minimum absolute atomic E-state index is 0.0569. The fraction of sp³-hybridized carbons (Fsp3) is 0.200. The maximum Gasteiger partial charge on any atom is 0.341 e. The lowest BCUT2D eigenvalue weighted by atomic mass is 10.0. The van der Waals surface area contributed by atoms with Crippen molar-refractivity contribution in [2.75, 3.05) is 18.2 Å². The Hall–Kier alpha value is -3.28. The fourth-order valence-electron chi connectivity index (χ4n) is 3.51. The van der Waals surface area contributed by atoms with E-state index >= 15 is 0 Å². The molecular formula is C25H23FN4O3S3. The van der Waals surface area contributed by atoms with E-state index in [9.17, 15) is 14.0 Å². The van der Waals surface area contributed by atoms with E-state index in [1.54, 1.807) is 34.9 Å². The molecule has 0 saturated heterocycles. The zero-order chi connectivity index (χ0) is 25.8. The molecule has 0 spiro atoms. The summed E-state index contributed by atoms with van der Waals surface area (Å²) in [6.45, 7) is 8.44. The van der Waals surface area contributed by atoms with Crippen LogP contribution in [-0.4, -0.2) is 39.5 Å². The summed E-state index contributed by atoms with van der Waals surface area (Å²) in [5, 5.41) is 16.2. The molecule has 3 aromatic heterocycles. The van der Waals surface area contributed by atoms with Crippen LogP contribution < -0.4 is 5.32 Å². The number of methoxy groups -OCH3 is 1. The highest BCUT2D eigenvalue weighted by molar-refractivity contribution is 7.99. The minimum Gasteiger partial charge on any atom is -0.465 e. The van der Waals surface area contributed by atoms with E-state index in [1.165, 1.54) is 47.2 Å². The molecule has 1 N–H and O–H groups in total. The molecule has 0 aliphatic rings. The maximum absolute atomic E-state index is 13.4. The van der Waals surface area contributed by atoms with Gasteiger partial charge in [-0.3, -0.25) is 9.36 Å². The first-order chi connectivity index (χ1) is 17.3. The van der Waals surface area contributed by atoms with Crippen LogP contribution >= 0.6 is 34.4 Å². The lowest BCUT2D eigenvalue weighted by Gasteiger charge is -2.09. The van der Waals surface area contributed by atoms with Crippen molar-refractivity contribution in [3.8, 4) is 22.5 Å². The van der Waals surface area contributed by atoms with Crippen LogP contribution in [0, 0.1) is 19.7 Å². The zero-order valence-corrected chi connectivity index (χ0v) is 22.3. The highest BCUT2D eigenvalue weighted by atomic mass is 32.2. The number of aromatic nitrogens is 3. The van der Waals surface area contributed by atoms with Gasteiger partial charge in [0.05, 0.1) is 12.9 Å². The van der Waals surface area contributed by atoms with Crippen LogP contribution in [-0.2, 0) is 16.1 Å². The van der Waals surface area contributed by atoms with Crippen LogP contribution in [0.3, 0.4) is 0 Å². The molecule has 0 fully saturated rings. The predicted molar refractivity (Wildman–Crippen MR) is 143 cm³/mol. The van der Waals surface area contributed by atoms with Crippen molar-refractivity contribution in [1.29, 1.82) is 0 Å². The topological polar surface area (TPSA) is 86.1 Å². The number of amides is 1.